The number of amides is 1. The van der Waals surface area contributed by atoms with E-state index in [0.29, 0.717) is 22.8 Å². The molecule has 0 radical (unpaired) electrons. The number of rotatable bonds is 4. The Morgan fingerprint density at radius 3 is 2.53 bits per heavy atom. The maximum Gasteiger partial charge on any atom is 0.248 e. The Hall–Kier alpha value is -2.07. The van der Waals surface area contributed by atoms with Gasteiger partial charge in [-0.05, 0) is 35.9 Å². The molecule has 0 fully saturated rings. The molecule has 3 N–H and O–H groups in total. The van der Waals surface area contributed by atoms with Crippen molar-refractivity contribution in [3.05, 3.63) is 64.4 Å². The van der Waals surface area contributed by atoms with Crippen molar-refractivity contribution < 1.29 is 9.18 Å². The number of hydrogen-bond acceptors (Lipinski definition) is 2. The van der Waals surface area contributed by atoms with Crippen molar-refractivity contribution in [2.24, 2.45) is 5.73 Å². The van der Waals surface area contributed by atoms with Crippen LogP contribution in [0.1, 0.15) is 15.9 Å². The highest BCUT2D eigenvalue weighted by Crippen LogP contribution is 2.23. The van der Waals surface area contributed by atoms with Crippen LogP contribution in [0.5, 0.6) is 0 Å². The summed E-state index contributed by atoms with van der Waals surface area (Å²) in [5.41, 5.74) is 7.10. The molecule has 0 bridgehead atoms. The van der Waals surface area contributed by atoms with E-state index >= 15 is 0 Å². The number of carbonyl (C=O) groups excluding carboxylic acids is 1. The highest BCUT2D eigenvalue weighted by atomic mass is 35.5. The number of nitrogens with two attached hydrogens (primary N) is 1. The first kappa shape index (κ1) is 13.4. The molecule has 0 saturated heterocycles. The molecule has 19 heavy (non-hydrogen) atoms. The predicted octanol–water partition coefficient (Wildman–Crippen LogP) is 3.19. The second-order valence-corrected chi connectivity index (χ2v) is 4.45. The van der Waals surface area contributed by atoms with Crippen LogP contribution in [0.3, 0.4) is 0 Å². The van der Waals surface area contributed by atoms with Crippen molar-refractivity contribution in [1.82, 2.24) is 0 Å². The maximum atomic E-state index is 12.8. The van der Waals surface area contributed by atoms with Gasteiger partial charge in [-0.15, -0.1) is 0 Å². The first-order valence-corrected chi connectivity index (χ1v) is 6.02. The summed E-state index contributed by atoms with van der Waals surface area (Å²) in [6.07, 6.45) is 0. The minimum absolute atomic E-state index is 0.280. The maximum absolute atomic E-state index is 12.8. The van der Waals surface area contributed by atoms with E-state index < -0.39 is 5.91 Å². The zero-order valence-corrected chi connectivity index (χ0v) is 10.7. The first-order chi connectivity index (χ1) is 9.06. The molecule has 1 amide bonds. The van der Waals surface area contributed by atoms with Gasteiger partial charge in [0.2, 0.25) is 5.91 Å². The van der Waals surface area contributed by atoms with Gasteiger partial charge in [-0.3, -0.25) is 4.79 Å². The lowest BCUT2D eigenvalue weighted by atomic mass is 10.1. The summed E-state index contributed by atoms with van der Waals surface area (Å²) >= 11 is 6.02. The quantitative estimate of drug-likeness (QED) is 0.902. The Kier molecular flexibility index (Phi) is 4.02. The standard InChI is InChI=1S/C14H12ClFN2O/c15-12-6-3-10(14(17)19)7-13(12)18-8-9-1-4-11(16)5-2-9/h1-7,18H,8H2,(H2,17,19). The Morgan fingerprint density at radius 1 is 1.21 bits per heavy atom. The predicted molar refractivity (Wildman–Crippen MR) is 73.7 cm³/mol. The SMILES string of the molecule is NC(=O)c1ccc(Cl)c(NCc2ccc(F)cc2)c1. The summed E-state index contributed by atoms with van der Waals surface area (Å²) in [5.74, 6) is -0.793. The van der Waals surface area contributed by atoms with Crippen molar-refractivity contribution in [3.63, 3.8) is 0 Å². The largest absolute Gasteiger partial charge is 0.380 e. The zero-order valence-electron chi connectivity index (χ0n) is 9.99. The molecule has 98 valence electrons. The van der Waals surface area contributed by atoms with Crippen LogP contribution in [-0.4, -0.2) is 5.91 Å². The Balaban J connectivity index is 2.12. The third-order valence-corrected chi connectivity index (χ3v) is 2.98. The minimum Gasteiger partial charge on any atom is -0.380 e. The molecule has 0 heterocycles. The van der Waals surface area contributed by atoms with Gasteiger partial charge >= 0.3 is 0 Å². The van der Waals surface area contributed by atoms with Crippen molar-refractivity contribution in [2.75, 3.05) is 5.32 Å². The third kappa shape index (κ3) is 3.45. The van der Waals surface area contributed by atoms with Gasteiger partial charge in [0.1, 0.15) is 5.82 Å². The van der Waals surface area contributed by atoms with Crippen molar-refractivity contribution in [2.45, 2.75) is 6.54 Å². The van der Waals surface area contributed by atoms with E-state index in [4.69, 9.17) is 17.3 Å². The number of hydrogen-bond donors (Lipinski definition) is 2. The molecule has 2 aromatic rings. The molecular weight excluding hydrogens is 267 g/mol. The topological polar surface area (TPSA) is 55.1 Å². The van der Waals surface area contributed by atoms with Crippen LogP contribution in [0.2, 0.25) is 5.02 Å². The summed E-state index contributed by atoms with van der Waals surface area (Å²) in [4.78, 5) is 11.1. The zero-order chi connectivity index (χ0) is 13.8. The van der Waals surface area contributed by atoms with Crippen LogP contribution >= 0.6 is 11.6 Å². The number of nitrogens with one attached hydrogen (secondary N) is 1. The summed E-state index contributed by atoms with van der Waals surface area (Å²) in [7, 11) is 0. The van der Waals surface area contributed by atoms with Crippen LogP contribution < -0.4 is 11.1 Å². The van der Waals surface area contributed by atoms with E-state index in [1.165, 1.54) is 12.1 Å². The van der Waals surface area contributed by atoms with E-state index in [0.717, 1.165) is 5.56 Å². The first-order valence-electron chi connectivity index (χ1n) is 5.64. The smallest absolute Gasteiger partial charge is 0.248 e. The summed E-state index contributed by atoms with van der Waals surface area (Å²) in [6.45, 7) is 0.474. The Labute approximate surface area is 115 Å². The van der Waals surface area contributed by atoms with Crippen LogP contribution in [-0.2, 0) is 6.54 Å². The number of carbonyl (C=O) groups is 1. The fourth-order valence-electron chi connectivity index (χ4n) is 1.61. The second kappa shape index (κ2) is 5.71. The molecule has 0 aliphatic rings. The highest BCUT2D eigenvalue weighted by molar-refractivity contribution is 6.33. The molecule has 2 aromatic carbocycles. The second-order valence-electron chi connectivity index (χ2n) is 4.04. The van der Waals surface area contributed by atoms with E-state index in [9.17, 15) is 9.18 Å². The molecule has 0 aliphatic carbocycles. The highest BCUT2D eigenvalue weighted by Gasteiger charge is 2.05. The third-order valence-electron chi connectivity index (χ3n) is 2.65. The average molecular weight is 279 g/mol. The summed E-state index contributed by atoms with van der Waals surface area (Å²) < 4.78 is 12.8. The molecule has 0 saturated carbocycles. The Bertz CT molecular complexity index is 599. The van der Waals surface area contributed by atoms with E-state index in [1.54, 1.807) is 30.3 Å². The van der Waals surface area contributed by atoms with Crippen LogP contribution in [0.25, 0.3) is 0 Å². The molecule has 2 rings (SSSR count). The van der Waals surface area contributed by atoms with Gasteiger partial charge in [0, 0.05) is 12.1 Å². The molecule has 0 unspecified atom stereocenters. The average Bonchev–Trinajstić information content (AvgIpc) is 2.39. The molecule has 0 spiro atoms. The Morgan fingerprint density at radius 2 is 1.89 bits per heavy atom. The lowest BCUT2D eigenvalue weighted by Gasteiger charge is -2.09. The van der Waals surface area contributed by atoms with Crippen LogP contribution in [0.15, 0.2) is 42.5 Å². The lowest BCUT2D eigenvalue weighted by molar-refractivity contribution is 0.100. The summed E-state index contributed by atoms with van der Waals surface area (Å²) in [5, 5.41) is 3.57. The van der Waals surface area contributed by atoms with Crippen molar-refractivity contribution in [3.8, 4) is 0 Å². The number of halogens is 2. The van der Waals surface area contributed by atoms with Crippen molar-refractivity contribution in [1.29, 1.82) is 0 Å². The molecule has 0 aliphatic heterocycles. The fraction of sp³-hybridized carbons (Fsp3) is 0.0714. The van der Waals surface area contributed by atoms with E-state index in [2.05, 4.69) is 5.32 Å². The lowest BCUT2D eigenvalue weighted by Crippen LogP contribution is -2.11. The van der Waals surface area contributed by atoms with Crippen LogP contribution in [0.4, 0.5) is 10.1 Å². The van der Waals surface area contributed by atoms with Gasteiger partial charge in [-0.2, -0.15) is 0 Å². The monoisotopic (exact) mass is 278 g/mol. The van der Waals surface area contributed by atoms with Gasteiger partial charge in [-0.25, -0.2) is 4.39 Å². The van der Waals surface area contributed by atoms with Gasteiger partial charge in [-0.1, -0.05) is 23.7 Å². The normalized spacial score (nSPS) is 10.2. The fourth-order valence-corrected chi connectivity index (χ4v) is 1.80. The molecular formula is C14H12ClFN2O. The molecule has 5 heteroatoms. The molecule has 0 aromatic heterocycles. The molecule has 0 atom stereocenters. The molecule has 3 nitrogen and oxygen atoms in total. The van der Waals surface area contributed by atoms with Gasteiger partial charge in [0.05, 0.1) is 10.7 Å². The number of primary amides is 1. The number of anilines is 1. The van der Waals surface area contributed by atoms with Crippen molar-refractivity contribution >= 4 is 23.2 Å². The van der Waals surface area contributed by atoms with Gasteiger partial charge in [0.25, 0.3) is 0 Å². The van der Waals surface area contributed by atoms with Gasteiger partial charge in [0.15, 0.2) is 0 Å². The van der Waals surface area contributed by atoms with E-state index in [1.807, 2.05) is 0 Å². The van der Waals surface area contributed by atoms with E-state index in [-0.39, 0.29) is 5.82 Å². The minimum atomic E-state index is -0.513. The van der Waals surface area contributed by atoms with Gasteiger partial charge < -0.3 is 11.1 Å². The summed E-state index contributed by atoms with van der Waals surface area (Å²) in [6, 6.07) is 10.9. The number of benzene rings is 2. The van der Waals surface area contributed by atoms with Crippen LogP contribution in [0, 0.1) is 5.82 Å².